The maximum absolute atomic E-state index is 12.5. The third-order valence-electron chi connectivity index (χ3n) is 4.97. The highest BCUT2D eigenvalue weighted by molar-refractivity contribution is 7.89. The van der Waals surface area contributed by atoms with Crippen LogP contribution in [0.5, 0.6) is 0 Å². The van der Waals surface area contributed by atoms with Crippen LogP contribution < -0.4 is 16.0 Å². The lowest BCUT2D eigenvalue weighted by atomic mass is 9.84. The molecule has 0 aromatic carbocycles. The Balaban J connectivity index is 1.77. The summed E-state index contributed by atoms with van der Waals surface area (Å²) in [6.45, 7) is 1.97. The fraction of sp³-hybridized carbons (Fsp3) is 0.643. The van der Waals surface area contributed by atoms with E-state index < -0.39 is 10.0 Å². The fourth-order valence-electron chi connectivity index (χ4n) is 4.02. The maximum atomic E-state index is 12.5. The average molecular weight is 310 g/mol. The van der Waals surface area contributed by atoms with Gasteiger partial charge < -0.3 is 5.43 Å². The van der Waals surface area contributed by atoms with Gasteiger partial charge in [-0.05, 0) is 56.1 Å². The van der Waals surface area contributed by atoms with E-state index in [1.165, 1.54) is 31.5 Å². The second-order valence-corrected chi connectivity index (χ2v) is 7.93. The molecule has 4 unspecified atom stereocenters. The lowest BCUT2D eigenvalue weighted by Gasteiger charge is -2.28. The summed E-state index contributed by atoms with van der Waals surface area (Å²) in [5, 5.41) is 0. The summed E-state index contributed by atoms with van der Waals surface area (Å²) in [6, 6.07) is 3.05. The summed E-state index contributed by atoms with van der Waals surface area (Å²) in [6.07, 6.45) is 6.46. The standard InChI is InChI=1S/C14H22N4O2S/c1-9(12-8-10-4-5-11(12)7-10)18-21(19,20)13-3-2-6-16-14(13)17-15/h2-3,6,9-12,18H,4-5,7-8,15H2,1H3,(H,16,17). The molecule has 1 heterocycles. The largest absolute Gasteiger partial charge is 0.307 e. The smallest absolute Gasteiger partial charge is 0.244 e. The molecule has 0 saturated heterocycles. The van der Waals surface area contributed by atoms with Crippen LogP contribution in [0, 0.1) is 17.8 Å². The Morgan fingerprint density at radius 3 is 2.81 bits per heavy atom. The average Bonchev–Trinajstić information content (AvgIpc) is 3.09. The number of nitrogen functional groups attached to an aromatic ring is 1. The summed E-state index contributed by atoms with van der Waals surface area (Å²) >= 11 is 0. The van der Waals surface area contributed by atoms with Crippen molar-refractivity contribution >= 4 is 15.8 Å². The molecule has 0 amide bonds. The molecule has 7 heteroatoms. The summed E-state index contributed by atoms with van der Waals surface area (Å²) in [5.74, 6) is 7.44. The Labute approximate surface area is 125 Å². The van der Waals surface area contributed by atoms with Gasteiger partial charge in [-0.2, -0.15) is 0 Å². The number of pyridine rings is 1. The van der Waals surface area contributed by atoms with Crippen LogP contribution in [0.25, 0.3) is 0 Å². The molecule has 2 bridgehead atoms. The van der Waals surface area contributed by atoms with Gasteiger partial charge in [-0.1, -0.05) is 6.42 Å². The summed E-state index contributed by atoms with van der Waals surface area (Å²) in [4.78, 5) is 4.05. The monoisotopic (exact) mass is 310 g/mol. The van der Waals surface area contributed by atoms with E-state index in [0.717, 1.165) is 12.3 Å². The van der Waals surface area contributed by atoms with Crippen LogP contribution in [0.3, 0.4) is 0 Å². The van der Waals surface area contributed by atoms with Crippen molar-refractivity contribution in [1.29, 1.82) is 0 Å². The topological polar surface area (TPSA) is 97.1 Å². The highest BCUT2D eigenvalue weighted by Crippen LogP contribution is 2.49. The molecule has 2 aliphatic rings. The lowest BCUT2D eigenvalue weighted by molar-refractivity contribution is 0.280. The third-order valence-corrected chi connectivity index (χ3v) is 6.56. The Morgan fingerprint density at radius 1 is 1.38 bits per heavy atom. The van der Waals surface area contributed by atoms with Crippen LogP contribution in [0.1, 0.15) is 32.6 Å². The molecule has 1 aromatic heterocycles. The number of hydrogen-bond donors (Lipinski definition) is 3. The molecule has 116 valence electrons. The minimum atomic E-state index is -3.61. The van der Waals surface area contributed by atoms with E-state index in [4.69, 9.17) is 5.84 Å². The summed E-state index contributed by atoms with van der Waals surface area (Å²) in [7, 11) is -3.61. The third kappa shape index (κ3) is 2.77. The van der Waals surface area contributed by atoms with E-state index in [0.29, 0.717) is 11.8 Å². The van der Waals surface area contributed by atoms with Crippen LogP contribution in [0.15, 0.2) is 23.2 Å². The van der Waals surface area contributed by atoms with Gasteiger partial charge in [0.05, 0.1) is 0 Å². The molecule has 2 saturated carbocycles. The number of hydrazine groups is 1. The molecule has 2 aliphatic carbocycles. The molecule has 2 fully saturated rings. The van der Waals surface area contributed by atoms with Gasteiger partial charge in [0.25, 0.3) is 0 Å². The van der Waals surface area contributed by atoms with Crippen molar-refractivity contribution < 1.29 is 8.42 Å². The summed E-state index contributed by atoms with van der Waals surface area (Å²) in [5.41, 5.74) is 2.34. The van der Waals surface area contributed by atoms with Gasteiger partial charge in [-0.15, -0.1) is 0 Å². The van der Waals surface area contributed by atoms with Crippen molar-refractivity contribution in [3.8, 4) is 0 Å². The zero-order valence-electron chi connectivity index (χ0n) is 12.1. The highest BCUT2D eigenvalue weighted by atomic mass is 32.2. The van der Waals surface area contributed by atoms with Crippen molar-refractivity contribution in [2.45, 2.75) is 43.5 Å². The minimum Gasteiger partial charge on any atom is -0.307 e. The molecule has 4 atom stereocenters. The van der Waals surface area contributed by atoms with Crippen LogP contribution in [0.2, 0.25) is 0 Å². The molecule has 0 radical (unpaired) electrons. The highest BCUT2D eigenvalue weighted by Gasteiger charge is 2.42. The number of hydrogen-bond acceptors (Lipinski definition) is 5. The van der Waals surface area contributed by atoms with Gasteiger partial charge in [0, 0.05) is 12.2 Å². The van der Waals surface area contributed by atoms with Crippen molar-refractivity contribution in [1.82, 2.24) is 9.71 Å². The Bertz CT molecular complexity index is 619. The quantitative estimate of drug-likeness (QED) is 0.565. The molecule has 4 N–H and O–H groups in total. The first-order chi connectivity index (χ1) is 10.0. The number of aromatic nitrogens is 1. The van der Waals surface area contributed by atoms with Gasteiger partial charge in [0.15, 0.2) is 5.82 Å². The van der Waals surface area contributed by atoms with E-state index in [9.17, 15) is 8.42 Å². The maximum Gasteiger partial charge on any atom is 0.244 e. The van der Waals surface area contributed by atoms with E-state index in [1.54, 1.807) is 6.07 Å². The van der Waals surface area contributed by atoms with Gasteiger partial charge in [0.2, 0.25) is 10.0 Å². The number of rotatable bonds is 5. The van der Waals surface area contributed by atoms with Crippen LogP contribution in [-0.2, 0) is 10.0 Å². The van der Waals surface area contributed by atoms with Crippen LogP contribution in [0.4, 0.5) is 5.82 Å². The first-order valence-electron chi connectivity index (χ1n) is 7.45. The molecule has 0 aliphatic heterocycles. The summed E-state index contributed by atoms with van der Waals surface area (Å²) < 4.78 is 27.9. The fourth-order valence-corrected chi connectivity index (χ4v) is 5.43. The van der Waals surface area contributed by atoms with Crippen molar-refractivity contribution in [3.05, 3.63) is 18.3 Å². The normalized spacial score (nSPS) is 29.5. The lowest BCUT2D eigenvalue weighted by Crippen LogP contribution is -2.40. The van der Waals surface area contributed by atoms with E-state index in [1.807, 2.05) is 6.92 Å². The molecule has 1 aromatic rings. The van der Waals surface area contributed by atoms with Gasteiger partial charge in [-0.25, -0.2) is 24.0 Å². The first kappa shape index (κ1) is 14.7. The van der Waals surface area contributed by atoms with Crippen molar-refractivity contribution in [3.63, 3.8) is 0 Å². The van der Waals surface area contributed by atoms with Crippen LogP contribution >= 0.6 is 0 Å². The second kappa shape index (κ2) is 5.55. The van der Waals surface area contributed by atoms with Gasteiger partial charge in [0.1, 0.15) is 4.90 Å². The van der Waals surface area contributed by atoms with Crippen LogP contribution in [-0.4, -0.2) is 19.4 Å². The van der Waals surface area contributed by atoms with E-state index in [-0.39, 0.29) is 16.8 Å². The molecule has 3 rings (SSSR count). The number of nitrogens with zero attached hydrogens (tertiary/aromatic N) is 1. The van der Waals surface area contributed by atoms with Gasteiger partial charge >= 0.3 is 0 Å². The Morgan fingerprint density at radius 2 is 2.19 bits per heavy atom. The number of nitrogens with two attached hydrogens (primary N) is 1. The van der Waals surface area contributed by atoms with Crippen molar-refractivity contribution in [2.24, 2.45) is 23.6 Å². The molecular weight excluding hydrogens is 288 g/mol. The molecular formula is C14H22N4O2S. The SMILES string of the molecule is CC(NS(=O)(=O)c1cccnc1NN)C1CC2CCC1C2. The zero-order valence-corrected chi connectivity index (χ0v) is 12.9. The number of anilines is 1. The number of fused-ring (bicyclic) bond motifs is 2. The van der Waals surface area contributed by atoms with Gasteiger partial charge in [-0.3, -0.25) is 0 Å². The zero-order chi connectivity index (χ0) is 15.0. The molecule has 21 heavy (non-hydrogen) atoms. The predicted molar refractivity (Wildman–Crippen MR) is 80.8 cm³/mol. The second-order valence-electron chi connectivity index (χ2n) is 6.24. The number of nitrogens with one attached hydrogen (secondary N) is 2. The Kier molecular flexibility index (Phi) is 3.90. The van der Waals surface area contributed by atoms with E-state index >= 15 is 0 Å². The number of sulfonamides is 1. The van der Waals surface area contributed by atoms with Crippen molar-refractivity contribution in [2.75, 3.05) is 5.43 Å². The first-order valence-corrected chi connectivity index (χ1v) is 8.93. The predicted octanol–water partition coefficient (Wildman–Crippen LogP) is 1.47. The molecule has 6 nitrogen and oxygen atoms in total. The van der Waals surface area contributed by atoms with E-state index in [2.05, 4.69) is 15.1 Å². The minimum absolute atomic E-state index is 0.0591. The Hall–Kier alpha value is -1.18. The molecule has 0 spiro atoms.